The zero-order valence-corrected chi connectivity index (χ0v) is 10.5. The van der Waals surface area contributed by atoms with Gasteiger partial charge in [-0.05, 0) is 17.5 Å². The molecular formula is C13H18F2N2O. The Labute approximate surface area is 105 Å². The maximum Gasteiger partial charge on any atom is 0.224 e. The van der Waals surface area contributed by atoms with E-state index in [-0.39, 0.29) is 29.9 Å². The number of hydrogen-bond acceptors (Lipinski definition) is 2. The van der Waals surface area contributed by atoms with Crippen LogP contribution in [0.15, 0.2) is 18.2 Å². The van der Waals surface area contributed by atoms with E-state index >= 15 is 0 Å². The molecule has 0 heterocycles. The van der Waals surface area contributed by atoms with Gasteiger partial charge in [0.2, 0.25) is 5.91 Å². The van der Waals surface area contributed by atoms with Gasteiger partial charge < -0.3 is 11.1 Å². The third kappa shape index (κ3) is 4.41. The first kappa shape index (κ1) is 14.6. The van der Waals surface area contributed by atoms with Gasteiger partial charge in [0.05, 0.1) is 6.42 Å². The summed E-state index contributed by atoms with van der Waals surface area (Å²) in [4.78, 5) is 11.5. The lowest BCUT2D eigenvalue weighted by atomic mass is 10.1. The lowest BCUT2D eigenvalue weighted by Gasteiger charge is -2.16. The van der Waals surface area contributed by atoms with Crippen molar-refractivity contribution in [2.24, 2.45) is 11.7 Å². The summed E-state index contributed by atoms with van der Waals surface area (Å²) in [6, 6.07) is 3.03. The highest BCUT2D eigenvalue weighted by Gasteiger charge is 2.12. The lowest BCUT2D eigenvalue weighted by molar-refractivity contribution is -0.120. The van der Waals surface area contributed by atoms with E-state index in [0.29, 0.717) is 6.54 Å². The smallest absolute Gasteiger partial charge is 0.224 e. The van der Waals surface area contributed by atoms with Crippen LogP contribution in [0.25, 0.3) is 0 Å². The SMILES string of the molecule is CC(C)C(N)CNC(=O)Cc1ccc(F)cc1F. The van der Waals surface area contributed by atoms with E-state index in [4.69, 9.17) is 5.73 Å². The topological polar surface area (TPSA) is 55.1 Å². The first-order valence-electron chi connectivity index (χ1n) is 5.86. The number of rotatable bonds is 5. The quantitative estimate of drug-likeness (QED) is 0.841. The molecule has 1 amide bonds. The molecule has 0 fully saturated rings. The van der Waals surface area contributed by atoms with E-state index in [9.17, 15) is 13.6 Å². The minimum atomic E-state index is -0.710. The number of nitrogens with two attached hydrogens (primary N) is 1. The van der Waals surface area contributed by atoms with Gasteiger partial charge in [0.25, 0.3) is 0 Å². The molecule has 3 N–H and O–H groups in total. The second kappa shape index (κ2) is 6.44. The zero-order valence-electron chi connectivity index (χ0n) is 10.5. The van der Waals surface area contributed by atoms with E-state index < -0.39 is 11.6 Å². The normalized spacial score (nSPS) is 12.6. The molecule has 3 nitrogen and oxygen atoms in total. The first-order valence-corrected chi connectivity index (χ1v) is 5.86. The Morgan fingerprint density at radius 2 is 2.06 bits per heavy atom. The molecule has 18 heavy (non-hydrogen) atoms. The number of amides is 1. The molecular weight excluding hydrogens is 238 g/mol. The number of halogens is 2. The fourth-order valence-electron chi connectivity index (χ4n) is 1.37. The fraction of sp³-hybridized carbons (Fsp3) is 0.462. The van der Waals surface area contributed by atoms with Crippen LogP contribution in [0.4, 0.5) is 8.78 Å². The molecule has 0 aliphatic carbocycles. The fourth-order valence-corrected chi connectivity index (χ4v) is 1.37. The second-order valence-electron chi connectivity index (χ2n) is 4.62. The Kier molecular flexibility index (Phi) is 5.22. The van der Waals surface area contributed by atoms with Crippen molar-refractivity contribution in [1.82, 2.24) is 5.32 Å². The highest BCUT2D eigenvalue weighted by Crippen LogP contribution is 2.10. The molecule has 1 aromatic rings. The zero-order chi connectivity index (χ0) is 13.7. The van der Waals surface area contributed by atoms with Crippen LogP contribution in [0, 0.1) is 17.6 Å². The molecule has 1 aromatic carbocycles. The van der Waals surface area contributed by atoms with Crippen LogP contribution in [0.5, 0.6) is 0 Å². The molecule has 5 heteroatoms. The standard InChI is InChI=1S/C13H18F2N2O/c1-8(2)12(16)7-17-13(18)5-9-3-4-10(14)6-11(9)15/h3-4,6,8,12H,5,7,16H2,1-2H3,(H,17,18). The monoisotopic (exact) mass is 256 g/mol. The molecule has 100 valence electrons. The summed E-state index contributed by atoms with van der Waals surface area (Å²) < 4.78 is 26.0. The number of carbonyl (C=O) groups is 1. The first-order chi connectivity index (χ1) is 8.40. The Morgan fingerprint density at radius 3 is 2.61 bits per heavy atom. The van der Waals surface area contributed by atoms with Crippen LogP contribution in [0.1, 0.15) is 19.4 Å². The molecule has 0 saturated carbocycles. The average molecular weight is 256 g/mol. The maximum absolute atomic E-state index is 13.3. The molecule has 0 aromatic heterocycles. The molecule has 1 unspecified atom stereocenters. The Hall–Kier alpha value is -1.49. The summed E-state index contributed by atoms with van der Waals surface area (Å²) in [6.07, 6.45) is -0.114. The van der Waals surface area contributed by atoms with Crippen LogP contribution in [0.3, 0.4) is 0 Å². The number of benzene rings is 1. The van der Waals surface area contributed by atoms with Gasteiger partial charge in [-0.3, -0.25) is 4.79 Å². The van der Waals surface area contributed by atoms with Gasteiger partial charge in [0, 0.05) is 18.7 Å². The number of nitrogens with one attached hydrogen (secondary N) is 1. The number of carbonyl (C=O) groups excluding carboxylic acids is 1. The Bertz CT molecular complexity index is 421. The highest BCUT2D eigenvalue weighted by atomic mass is 19.1. The summed E-state index contributed by atoms with van der Waals surface area (Å²) in [7, 11) is 0. The largest absolute Gasteiger partial charge is 0.354 e. The summed E-state index contributed by atoms with van der Waals surface area (Å²) in [5.74, 6) is -1.43. The van der Waals surface area contributed by atoms with Gasteiger partial charge in [-0.15, -0.1) is 0 Å². The van der Waals surface area contributed by atoms with E-state index in [0.717, 1.165) is 12.1 Å². The minimum Gasteiger partial charge on any atom is -0.354 e. The van der Waals surface area contributed by atoms with Crippen molar-refractivity contribution in [3.05, 3.63) is 35.4 Å². The third-order valence-corrected chi connectivity index (χ3v) is 2.76. The van der Waals surface area contributed by atoms with Crippen LogP contribution in [-0.2, 0) is 11.2 Å². The molecule has 0 aliphatic rings. The van der Waals surface area contributed by atoms with Gasteiger partial charge >= 0.3 is 0 Å². The van der Waals surface area contributed by atoms with Crippen LogP contribution >= 0.6 is 0 Å². The summed E-state index contributed by atoms with van der Waals surface area (Å²) >= 11 is 0. The van der Waals surface area contributed by atoms with Gasteiger partial charge in [-0.25, -0.2) is 8.78 Å². The second-order valence-corrected chi connectivity index (χ2v) is 4.62. The summed E-state index contributed by atoms with van der Waals surface area (Å²) in [5.41, 5.74) is 5.94. The van der Waals surface area contributed by atoms with Crippen molar-refractivity contribution in [2.75, 3.05) is 6.54 Å². The van der Waals surface area contributed by atoms with Crippen molar-refractivity contribution in [1.29, 1.82) is 0 Å². The van der Waals surface area contributed by atoms with Gasteiger partial charge in [0.15, 0.2) is 0 Å². The van der Waals surface area contributed by atoms with Crippen molar-refractivity contribution in [3.63, 3.8) is 0 Å². The molecule has 0 bridgehead atoms. The Morgan fingerprint density at radius 1 is 1.39 bits per heavy atom. The highest BCUT2D eigenvalue weighted by molar-refractivity contribution is 5.78. The van der Waals surface area contributed by atoms with Gasteiger partial charge in [-0.2, -0.15) is 0 Å². The van der Waals surface area contributed by atoms with Crippen molar-refractivity contribution in [2.45, 2.75) is 26.3 Å². The van der Waals surface area contributed by atoms with Crippen LogP contribution in [0.2, 0.25) is 0 Å². The lowest BCUT2D eigenvalue weighted by Crippen LogP contribution is -2.40. The molecule has 0 saturated heterocycles. The molecule has 1 rings (SSSR count). The molecule has 0 aliphatic heterocycles. The molecule has 1 atom stereocenters. The number of hydrogen-bond donors (Lipinski definition) is 2. The van der Waals surface area contributed by atoms with Gasteiger partial charge in [0.1, 0.15) is 11.6 Å². The van der Waals surface area contributed by atoms with E-state index in [1.54, 1.807) is 0 Å². The van der Waals surface area contributed by atoms with Crippen LogP contribution < -0.4 is 11.1 Å². The third-order valence-electron chi connectivity index (χ3n) is 2.76. The summed E-state index contributed by atoms with van der Waals surface area (Å²) in [6.45, 7) is 4.26. The molecule has 0 spiro atoms. The van der Waals surface area contributed by atoms with E-state index in [1.807, 2.05) is 13.8 Å². The van der Waals surface area contributed by atoms with Crippen LogP contribution in [-0.4, -0.2) is 18.5 Å². The van der Waals surface area contributed by atoms with Crippen molar-refractivity contribution in [3.8, 4) is 0 Å². The molecule has 0 radical (unpaired) electrons. The van der Waals surface area contributed by atoms with E-state index in [2.05, 4.69) is 5.32 Å². The summed E-state index contributed by atoms with van der Waals surface area (Å²) in [5, 5.41) is 2.63. The van der Waals surface area contributed by atoms with Gasteiger partial charge in [-0.1, -0.05) is 19.9 Å². The minimum absolute atomic E-state index is 0.114. The average Bonchev–Trinajstić information content (AvgIpc) is 2.29. The maximum atomic E-state index is 13.3. The predicted octanol–water partition coefficient (Wildman–Crippen LogP) is 1.61. The van der Waals surface area contributed by atoms with E-state index in [1.165, 1.54) is 6.07 Å². The van der Waals surface area contributed by atoms with Crippen molar-refractivity contribution < 1.29 is 13.6 Å². The van der Waals surface area contributed by atoms with Crippen molar-refractivity contribution >= 4 is 5.91 Å². The Balaban J connectivity index is 2.50. The predicted molar refractivity (Wildman–Crippen MR) is 65.9 cm³/mol.